The number of rotatable bonds is 2. The molecule has 0 bridgehead atoms. The van der Waals surface area contributed by atoms with Gasteiger partial charge in [-0.15, -0.1) is 0 Å². The summed E-state index contributed by atoms with van der Waals surface area (Å²) in [5.41, 5.74) is 5.74. The number of anilines is 1. The Morgan fingerprint density at radius 2 is 1.63 bits per heavy atom. The van der Waals surface area contributed by atoms with Gasteiger partial charge >= 0.3 is 0 Å². The second-order valence-corrected chi connectivity index (χ2v) is 9.28. The predicted octanol–water partition coefficient (Wildman–Crippen LogP) is 3.87. The number of carbonyl (C=O) groups is 3. The number of amides is 3. The minimum Gasteiger partial charge on any atom is -0.358 e. The minimum absolute atomic E-state index is 0.0896. The van der Waals surface area contributed by atoms with Gasteiger partial charge in [0.2, 0.25) is 5.91 Å². The van der Waals surface area contributed by atoms with Gasteiger partial charge in [0.1, 0.15) is 12.7 Å². The number of nitrogens with one attached hydrogen (secondary N) is 1. The van der Waals surface area contributed by atoms with Crippen molar-refractivity contribution in [3.05, 3.63) is 101 Å². The van der Waals surface area contributed by atoms with E-state index in [9.17, 15) is 14.4 Å². The lowest BCUT2D eigenvalue weighted by atomic mass is 10.0. The molecule has 3 amide bonds. The third kappa shape index (κ3) is 2.81. The topological polar surface area (TPSA) is 76.7 Å². The van der Waals surface area contributed by atoms with Gasteiger partial charge in [0.15, 0.2) is 0 Å². The first-order valence-corrected chi connectivity index (χ1v) is 11.8. The van der Waals surface area contributed by atoms with Gasteiger partial charge in [-0.25, -0.2) is 0 Å². The Hall–Kier alpha value is -4.39. The van der Waals surface area contributed by atoms with Crippen molar-refractivity contribution in [1.82, 2.24) is 14.8 Å². The summed E-state index contributed by atoms with van der Waals surface area (Å²) in [6, 6.07) is 22.6. The molecule has 3 aliphatic heterocycles. The summed E-state index contributed by atoms with van der Waals surface area (Å²) < 4.78 is 0. The summed E-state index contributed by atoms with van der Waals surface area (Å²) >= 11 is 0. The minimum atomic E-state index is -0.626. The zero-order valence-electron chi connectivity index (χ0n) is 18.9. The first-order chi connectivity index (χ1) is 17.1. The van der Waals surface area contributed by atoms with E-state index in [-0.39, 0.29) is 24.3 Å². The largest absolute Gasteiger partial charge is 0.358 e. The normalized spacial score (nSPS) is 18.4. The van der Waals surface area contributed by atoms with Gasteiger partial charge in [-0.05, 0) is 24.3 Å². The Bertz CT molecular complexity index is 1550. The Kier molecular flexibility index (Phi) is 4.18. The average molecular weight is 463 g/mol. The van der Waals surface area contributed by atoms with Crippen molar-refractivity contribution in [3.63, 3.8) is 0 Å². The highest BCUT2D eigenvalue weighted by atomic mass is 16.2. The molecule has 172 valence electrons. The van der Waals surface area contributed by atoms with E-state index in [4.69, 9.17) is 0 Å². The highest BCUT2D eigenvalue weighted by Crippen LogP contribution is 2.45. The van der Waals surface area contributed by atoms with Crippen molar-refractivity contribution < 1.29 is 14.4 Å². The van der Waals surface area contributed by atoms with Crippen LogP contribution in [0.1, 0.15) is 43.7 Å². The molecule has 1 N–H and O–H groups in total. The molecule has 0 saturated carbocycles. The van der Waals surface area contributed by atoms with Gasteiger partial charge in [0.25, 0.3) is 11.8 Å². The fourth-order valence-corrected chi connectivity index (χ4v) is 5.76. The third-order valence-electron chi connectivity index (χ3n) is 7.42. The van der Waals surface area contributed by atoms with Crippen LogP contribution < -0.4 is 4.90 Å². The molecule has 1 aromatic heterocycles. The van der Waals surface area contributed by atoms with E-state index in [0.29, 0.717) is 29.9 Å². The highest BCUT2D eigenvalue weighted by molar-refractivity contribution is 6.17. The van der Waals surface area contributed by atoms with Crippen molar-refractivity contribution in [2.45, 2.75) is 19.1 Å². The first-order valence-electron chi connectivity index (χ1n) is 11.8. The van der Waals surface area contributed by atoms with Gasteiger partial charge < -0.3 is 14.8 Å². The Morgan fingerprint density at radius 3 is 2.51 bits per heavy atom. The van der Waals surface area contributed by atoms with E-state index >= 15 is 0 Å². The molecule has 0 saturated heterocycles. The molecule has 0 radical (unpaired) electrons. The molecule has 4 heterocycles. The zero-order valence-corrected chi connectivity index (χ0v) is 18.9. The van der Waals surface area contributed by atoms with Crippen LogP contribution >= 0.6 is 0 Å². The van der Waals surface area contributed by atoms with E-state index in [2.05, 4.69) is 11.1 Å². The smallest absolute Gasteiger partial charge is 0.260 e. The molecule has 3 aliphatic rings. The van der Waals surface area contributed by atoms with E-state index in [0.717, 1.165) is 28.5 Å². The van der Waals surface area contributed by atoms with E-state index in [1.807, 2.05) is 47.4 Å². The van der Waals surface area contributed by atoms with Crippen LogP contribution in [0.5, 0.6) is 0 Å². The number of H-pyrrole nitrogens is 1. The SMILES string of the molecule is O=C(CN1C(=O)c2ccccc2N2C(=O)c3ccccc3[C@@H]12)N1CCc2[nH]c3ccccc3c2C1. The fourth-order valence-electron chi connectivity index (χ4n) is 5.76. The van der Waals surface area contributed by atoms with Crippen molar-refractivity contribution in [1.29, 1.82) is 0 Å². The van der Waals surface area contributed by atoms with Gasteiger partial charge in [-0.1, -0.05) is 48.5 Å². The maximum absolute atomic E-state index is 13.6. The molecule has 35 heavy (non-hydrogen) atoms. The number of hydrogen-bond acceptors (Lipinski definition) is 3. The number of carbonyl (C=O) groups excluding carboxylic acids is 3. The van der Waals surface area contributed by atoms with Crippen molar-refractivity contribution in [3.8, 4) is 0 Å². The molecule has 7 rings (SSSR count). The second-order valence-electron chi connectivity index (χ2n) is 9.28. The van der Waals surface area contributed by atoms with E-state index in [1.165, 1.54) is 5.69 Å². The molecule has 4 aromatic rings. The third-order valence-corrected chi connectivity index (χ3v) is 7.42. The Balaban J connectivity index is 1.24. The molecule has 7 heteroatoms. The van der Waals surface area contributed by atoms with E-state index in [1.54, 1.807) is 34.1 Å². The van der Waals surface area contributed by atoms with Crippen molar-refractivity contribution in [2.75, 3.05) is 18.0 Å². The van der Waals surface area contributed by atoms with Crippen LogP contribution in [-0.4, -0.2) is 45.6 Å². The van der Waals surface area contributed by atoms with Crippen LogP contribution in [0.4, 0.5) is 5.69 Å². The lowest BCUT2D eigenvalue weighted by molar-refractivity contribution is -0.133. The standard InChI is InChI=1S/C28H22N4O3/c33-25(30-14-13-23-21(15-30)17-7-3-5-11-22(17)29-23)16-31-26-18-8-1-2-9-19(18)28(35)32(26)24-12-6-4-10-20(24)27(31)34/h1-12,26,29H,13-16H2/t26-/m0/s1. The number of hydrogen-bond donors (Lipinski definition) is 1. The molecule has 0 unspecified atom stereocenters. The zero-order chi connectivity index (χ0) is 23.7. The predicted molar refractivity (Wildman–Crippen MR) is 131 cm³/mol. The van der Waals surface area contributed by atoms with Crippen LogP contribution in [0, 0.1) is 0 Å². The van der Waals surface area contributed by atoms with E-state index < -0.39 is 6.17 Å². The molecule has 7 nitrogen and oxygen atoms in total. The van der Waals surface area contributed by atoms with Crippen molar-refractivity contribution >= 4 is 34.3 Å². The lowest BCUT2D eigenvalue weighted by Gasteiger charge is -2.41. The highest BCUT2D eigenvalue weighted by Gasteiger charge is 2.48. The molecular weight excluding hydrogens is 440 g/mol. The lowest BCUT2D eigenvalue weighted by Crippen LogP contribution is -2.52. The molecule has 0 aliphatic carbocycles. The number of benzene rings is 3. The van der Waals surface area contributed by atoms with Crippen LogP contribution in [0.25, 0.3) is 10.9 Å². The van der Waals surface area contributed by atoms with Gasteiger partial charge in [-0.2, -0.15) is 0 Å². The summed E-state index contributed by atoms with van der Waals surface area (Å²) in [5, 5.41) is 1.13. The van der Waals surface area contributed by atoms with Crippen LogP contribution in [0.15, 0.2) is 72.8 Å². The Morgan fingerprint density at radius 1 is 0.886 bits per heavy atom. The number of aromatic nitrogens is 1. The monoisotopic (exact) mass is 462 g/mol. The number of aromatic amines is 1. The number of nitrogens with zero attached hydrogens (tertiary/aromatic N) is 3. The number of para-hydroxylation sites is 2. The summed E-state index contributed by atoms with van der Waals surface area (Å²) in [6.45, 7) is 0.996. The molecular formula is C28H22N4O3. The average Bonchev–Trinajstić information content (AvgIpc) is 3.41. The summed E-state index contributed by atoms with van der Waals surface area (Å²) in [5.74, 6) is -0.501. The maximum Gasteiger partial charge on any atom is 0.260 e. The molecule has 3 aromatic carbocycles. The van der Waals surface area contributed by atoms with Crippen LogP contribution in [0.3, 0.4) is 0 Å². The Labute approximate surface area is 201 Å². The first kappa shape index (κ1) is 20.0. The van der Waals surface area contributed by atoms with Gasteiger partial charge in [-0.3, -0.25) is 19.3 Å². The van der Waals surface area contributed by atoms with Crippen molar-refractivity contribution in [2.24, 2.45) is 0 Å². The second kappa shape index (κ2) is 7.30. The summed E-state index contributed by atoms with van der Waals surface area (Å²) in [4.78, 5) is 49.1. The van der Waals surface area contributed by atoms with Crippen LogP contribution in [-0.2, 0) is 17.8 Å². The summed E-state index contributed by atoms with van der Waals surface area (Å²) in [7, 11) is 0. The fraction of sp³-hybridized carbons (Fsp3) is 0.179. The molecule has 0 spiro atoms. The maximum atomic E-state index is 13.6. The molecule has 1 atom stereocenters. The van der Waals surface area contributed by atoms with Gasteiger partial charge in [0.05, 0.1) is 11.3 Å². The molecule has 0 fully saturated rings. The summed E-state index contributed by atoms with van der Waals surface area (Å²) in [6.07, 6.45) is 0.113. The number of fused-ring (bicyclic) bond motifs is 8. The van der Waals surface area contributed by atoms with Crippen LogP contribution in [0.2, 0.25) is 0 Å². The van der Waals surface area contributed by atoms with Gasteiger partial charge in [0, 0.05) is 52.8 Å². The quantitative estimate of drug-likeness (QED) is 0.491.